The summed E-state index contributed by atoms with van der Waals surface area (Å²) in [4.78, 5) is 25.1. The second kappa shape index (κ2) is 9.71. The van der Waals surface area contributed by atoms with Crippen LogP contribution in [-0.2, 0) is 0 Å². The molecule has 0 spiro atoms. The Hall–Kier alpha value is -3.94. The van der Waals surface area contributed by atoms with Crippen molar-refractivity contribution < 1.29 is 9.53 Å². The van der Waals surface area contributed by atoms with Crippen molar-refractivity contribution in [1.82, 2.24) is 15.4 Å². The third-order valence-electron chi connectivity index (χ3n) is 4.59. The van der Waals surface area contributed by atoms with Gasteiger partial charge in [-0.1, -0.05) is 0 Å². The Bertz CT molecular complexity index is 1050. The van der Waals surface area contributed by atoms with E-state index in [4.69, 9.17) is 4.74 Å². The number of amides is 1. The number of ether oxygens (including phenoxy) is 1. The SMILES string of the molecule is COc1ccc(-c2cncc(C(=O)N/N=C/c3cc(N(C)C)cc(N(C)C)c3)n2)cc1. The summed E-state index contributed by atoms with van der Waals surface area (Å²) in [5.41, 5.74) is 7.08. The lowest BCUT2D eigenvalue weighted by atomic mass is 10.1. The van der Waals surface area contributed by atoms with Crippen LogP contribution in [0, 0.1) is 0 Å². The van der Waals surface area contributed by atoms with E-state index in [1.807, 2.05) is 74.4 Å². The van der Waals surface area contributed by atoms with E-state index in [-0.39, 0.29) is 5.69 Å². The Kier molecular flexibility index (Phi) is 6.81. The highest BCUT2D eigenvalue weighted by Gasteiger charge is 2.10. The minimum absolute atomic E-state index is 0.182. The number of anilines is 2. The number of carbonyl (C=O) groups excluding carboxylic acids is 1. The molecule has 1 heterocycles. The molecule has 0 saturated heterocycles. The van der Waals surface area contributed by atoms with Crippen LogP contribution in [-0.4, -0.2) is 57.4 Å². The summed E-state index contributed by atoms with van der Waals surface area (Å²) in [5, 5.41) is 4.10. The predicted octanol–water partition coefficient (Wildman–Crippen LogP) is 3.05. The third kappa shape index (κ3) is 5.57. The van der Waals surface area contributed by atoms with Crippen molar-refractivity contribution in [3.8, 4) is 17.0 Å². The van der Waals surface area contributed by atoms with Gasteiger partial charge in [-0.05, 0) is 48.0 Å². The number of hydrogen-bond donors (Lipinski definition) is 1. The largest absolute Gasteiger partial charge is 0.497 e. The van der Waals surface area contributed by atoms with E-state index >= 15 is 0 Å². The van der Waals surface area contributed by atoms with Crippen molar-refractivity contribution in [3.05, 3.63) is 66.1 Å². The average molecular weight is 419 g/mol. The summed E-state index contributed by atoms with van der Waals surface area (Å²) in [5.74, 6) is 0.311. The van der Waals surface area contributed by atoms with Gasteiger partial charge in [0.25, 0.3) is 5.91 Å². The Morgan fingerprint density at radius 1 is 1.00 bits per heavy atom. The average Bonchev–Trinajstić information content (AvgIpc) is 2.79. The second-order valence-electron chi connectivity index (χ2n) is 7.29. The van der Waals surface area contributed by atoms with Crippen molar-refractivity contribution in [2.24, 2.45) is 5.10 Å². The molecule has 0 radical (unpaired) electrons. The van der Waals surface area contributed by atoms with Crippen LogP contribution in [0.15, 0.2) is 60.0 Å². The number of nitrogens with zero attached hydrogens (tertiary/aromatic N) is 5. The van der Waals surface area contributed by atoms with Crippen molar-refractivity contribution in [3.63, 3.8) is 0 Å². The molecule has 31 heavy (non-hydrogen) atoms. The van der Waals surface area contributed by atoms with E-state index in [0.29, 0.717) is 5.69 Å². The van der Waals surface area contributed by atoms with Gasteiger partial charge in [0.15, 0.2) is 0 Å². The van der Waals surface area contributed by atoms with Gasteiger partial charge in [-0.2, -0.15) is 5.10 Å². The normalized spacial score (nSPS) is 10.7. The minimum atomic E-state index is -0.435. The lowest BCUT2D eigenvalue weighted by molar-refractivity contribution is 0.0950. The maximum Gasteiger partial charge on any atom is 0.291 e. The molecule has 0 aliphatic carbocycles. The summed E-state index contributed by atoms with van der Waals surface area (Å²) in [6.45, 7) is 0. The molecular weight excluding hydrogens is 392 g/mol. The molecule has 3 aromatic rings. The molecule has 160 valence electrons. The van der Waals surface area contributed by atoms with Gasteiger partial charge in [0.05, 0.1) is 31.4 Å². The quantitative estimate of drug-likeness (QED) is 0.469. The first-order valence-corrected chi connectivity index (χ1v) is 9.67. The fraction of sp³-hybridized carbons (Fsp3) is 0.217. The second-order valence-corrected chi connectivity index (χ2v) is 7.29. The highest BCUT2D eigenvalue weighted by molar-refractivity contribution is 5.93. The third-order valence-corrected chi connectivity index (χ3v) is 4.59. The van der Waals surface area contributed by atoms with Crippen molar-refractivity contribution >= 4 is 23.5 Å². The first-order chi connectivity index (χ1) is 14.9. The molecule has 0 aliphatic heterocycles. The first-order valence-electron chi connectivity index (χ1n) is 9.67. The maximum absolute atomic E-state index is 12.5. The zero-order valence-electron chi connectivity index (χ0n) is 18.3. The van der Waals surface area contributed by atoms with E-state index in [1.54, 1.807) is 19.5 Å². The first kappa shape index (κ1) is 21.8. The molecule has 0 saturated carbocycles. The predicted molar refractivity (Wildman–Crippen MR) is 124 cm³/mol. The Balaban J connectivity index is 1.74. The summed E-state index contributed by atoms with van der Waals surface area (Å²) in [6, 6.07) is 13.5. The molecular formula is C23H26N6O2. The number of aromatic nitrogens is 2. The maximum atomic E-state index is 12.5. The van der Waals surface area contributed by atoms with Crippen LogP contribution in [0.25, 0.3) is 11.3 Å². The highest BCUT2D eigenvalue weighted by Crippen LogP contribution is 2.22. The monoisotopic (exact) mass is 418 g/mol. The number of benzene rings is 2. The molecule has 0 bridgehead atoms. The van der Waals surface area contributed by atoms with Gasteiger partial charge >= 0.3 is 0 Å². The molecule has 0 fully saturated rings. The summed E-state index contributed by atoms with van der Waals surface area (Å²) >= 11 is 0. The van der Waals surface area contributed by atoms with Gasteiger partial charge in [-0.15, -0.1) is 0 Å². The molecule has 0 unspecified atom stereocenters. The van der Waals surface area contributed by atoms with Gasteiger partial charge in [-0.3, -0.25) is 9.78 Å². The van der Waals surface area contributed by atoms with E-state index < -0.39 is 5.91 Å². The van der Waals surface area contributed by atoms with Gasteiger partial charge in [-0.25, -0.2) is 10.4 Å². The molecule has 1 amide bonds. The molecule has 8 heteroatoms. The lowest BCUT2D eigenvalue weighted by Crippen LogP contribution is -2.19. The van der Waals surface area contributed by atoms with Gasteiger partial charge in [0.1, 0.15) is 11.4 Å². The number of carbonyl (C=O) groups is 1. The lowest BCUT2D eigenvalue weighted by Gasteiger charge is -2.19. The molecule has 8 nitrogen and oxygen atoms in total. The minimum Gasteiger partial charge on any atom is -0.497 e. The Labute approximate surface area is 182 Å². The van der Waals surface area contributed by atoms with Gasteiger partial charge < -0.3 is 14.5 Å². The van der Waals surface area contributed by atoms with Crippen molar-refractivity contribution in [2.45, 2.75) is 0 Å². The van der Waals surface area contributed by atoms with E-state index in [2.05, 4.69) is 26.6 Å². The van der Waals surface area contributed by atoms with Gasteiger partial charge in [0.2, 0.25) is 0 Å². The Morgan fingerprint density at radius 2 is 1.65 bits per heavy atom. The number of methoxy groups -OCH3 is 1. The summed E-state index contributed by atoms with van der Waals surface area (Å²) < 4.78 is 5.17. The zero-order valence-corrected chi connectivity index (χ0v) is 18.3. The topological polar surface area (TPSA) is 82.9 Å². The zero-order chi connectivity index (χ0) is 22.4. The van der Waals surface area contributed by atoms with Crippen LogP contribution in [0.3, 0.4) is 0 Å². The Morgan fingerprint density at radius 3 is 2.23 bits per heavy atom. The number of hydrogen-bond acceptors (Lipinski definition) is 7. The number of nitrogens with one attached hydrogen (secondary N) is 1. The summed E-state index contributed by atoms with van der Waals surface area (Å²) in [6.07, 6.45) is 4.63. The van der Waals surface area contributed by atoms with Crippen LogP contribution in [0.4, 0.5) is 11.4 Å². The van der Waals surface area contributed by atoms with E-state index in [0.717, 1.165) is 28.3 Å². The fourth-order valence-electron chi connectivity index (χ4n) is 2.81. The van der Waals surface area contributed by atoms with Gasteiger partial charge in [0, 0.05) is 45.1 Å². The van der Waals surface area contributed by atoms with Crippen molar-refractivity contribution in [2.75, 3.05) is 45.1 Å². The van der Waals surface area contributed by atoms with Crippen LogP contribution in [0.5, 0.6) is 5.75 Å². The van der Waals surface area contributed by atoms with E-state index in [1.165, 1.54) is 6.20 Å². The molecule has 3 rings (SSSR count). The smallest absolute Gasteiger partial charge is 0.291 e. The number of rotatable bonds is 7. The molecule has 2 aromatic carbocycles. The van der Waals surface area contributed by atoms with Crippen LogP contribution >= 0.6 is 0 Å². The molecule has 1 aromatic heterocycles. The van der Waals surface area contributed by atoms with Crippen LogP contribution in [0.1, 0.15) is 16.1 Å². The van der Waals surface area contributed by atoms with Crippen LogP contribution < -0.4 is 20.0 Å². The highest BCUT2D eigenvalue weighted by atomic mass is 16.5. The summed E-state index contributed by atoms with van der Waals surface area (Å²) in [7, 11) is 9.52. The fourth-order valence-corrected chi connectivity index (χ4v) is 2.81. The molecule has 1 N–H and O–H groups in total. The van der Waals surface area contributed by atoms with Crippen LogP contribution in [0.2, 0.25) is 0 Å². The van der Waals surface area contributed by atoms with Crippen molar-refractivity contribution in [1.29, 1.82) is 0 Å². The standard InChI is InChI=1S/C23H26N6O2/c1-28(2)18-10-16(11-19(12-18)29(3)4)13-25-27-23(30)22-15-24-14-21(26-22)17-6-8-20(31-5)9-7-17/h6-15H,1-5H3,(H,27,30)/b25-13+. The molecule has 0 aliphatic rings. The molecule has 0 atom stereocenters. The number of hydrazone groups is 1. The van der Waals surface area contributed by atoms with E-state index in [9.17, 15) is 4.79 Å².